The van der Waals surface area contributed by atoms with Crippen LogP contribution in [0.3, 0.4) is 0 Å². The smallest absolute Gasteiger partial charge is 0.150 e. The van der Waals surface area contributed by atoms with Gasteiger partial charge in [0, 0.05) is 6.54 Å². The molecule has 1 atom stereocenters. The van der Waals surface area contributed by atoms with Crippen LogP contribution in [0.25, 0.3) is 0 Å². The van der Waals surface area contributed by atoms with Crippen molar-refractivity contribution >= 4 is 9.84 Å². The van der Waals surface area contributed by atoms with Crippen molar-refractivity contribution in [3.63, 3.8) is 0 Å². The number of sulfone groups is 1. The van der Waals surface area contributed by atoms with E-state index >= 15 is 0 Å². The van der Waals surface area contributed by atoms with Crippen molar-refractivity contribution in [2.45, 2.75) is 26.8 Å². The van der Waals surface area contributed by atoms with Crippen LogP contribution in [0.1, 0.15) is 23.1 Å². The minimum absolute atomic E-state index is 0.292. The molecule has 0 aromatic heterocycles. The first-order valence-electron chi connectivity index (χ1n) is 6.43. The number of hydrogen-bond donors (Lipinski definition) is 1. The molecule has 0 bridgehead atoms. The summed E-state index contributed by atoms with van der Waals surface area (Å²) in [5, 5.41) is 3.38. The summed E-state index contributed by atoms with van der Waals surface area (Å²) in [6.07, 6.45) is 0.808. The minimum atomic E-state index is -2.74. The second-order valence-corrected chi connectivity index (χ2v) is 7.56. The molecule has 1 saturated heterocycles. The Balaban J connectivity index is 1.82. The lowest BCUT2D eigenvalue weighted by Gasteiger charge is -2.11. The SMILES string of the molecule is Cc1ccc(CNCC2CCS(=O)(=O)C2)c(C)c1. The van der Waals surface area contributed by atoms with Gasteiger partial charge in [0.1, 0.15) is 0 Å². The van der Waals surface area contributed by atoms with E-state index in [9.17, 15) is 8.42 Å². The number of hydrogen-bond acceptors (Lipinski definition) is 3. The molecule has 1 aromatic carbocycles. The van der Waals surface area contributed by atoms with E-state index in [0.717, 1.165) is 19.5 Å². The normalized spacial score (nSPS) is 22.2. The van der Waals surface area contributed by atoms with Crippen molar-refractivity contribution in [2.75, 3.05) is 18.1 Å². The van der Waals surface area contributed by atoms with Crippen molar-refractivity contribution in [3.8, 4) is 0 Å². The molecule has 100 valence electrons. The van der Waals surface area contributed by atoms with Gasteiger partial charge >= 0.3 is 0 Å². The van der Waals surface area contributed by atoms with Gasteiger partial charge in [-0.15, -0.1) is 0 Å². The zero-order valence-electron chi connectivity index (χ0n) is 11.1. The maximum Gasteiger partial charge on any atom is 0.150 e. The van der Waals surface area contributed by atoms with Gasteiger partial charge in [0.05, 0.1) is 11.5 Å². The minimum Gasteiger partial charge on any atom is -0.312 e. The highest BCUT2D eigenvalue weighted by Gasteiger charge is 2.27. The van der Waals surface area contributed by atoms with Crippen LogP contribution in [0.5, 0.6) is 0 Å². The summed E-state index contributed by atoms with van der Waals surface area (Å²) in [5.74, 6) is 1.01. The third-order valence-electron chi connectivity index (χ3n) is 3.57. The van der Waals surface area contributed by atoms with E-state index in [1.54, 1.807) is 0 Å². The van der Waals surface area contributed by atoms with Crippen LogP contribution in [0.15, 0.2) is 18.2 Å². The Morgan fingerprint density at radius 1 is 1.33 bits per heavy atom. The van der Waals surface area contributed by atoms with Gasteiger partial charge in [0.25, 0.3) is 0 Å². The van der Waals surface area contributed by atoms with E-state index < -0.39 is 9.84 Å². The highest BCUT2D eigenvalue weighted by Crippen LogP contribution is 2.17. The monoisotopic (exact) mass is 267 g/mol. The predicted molar refractivity (Wildman–Crippen MR) is 74.4 cm³/mol. The van der Waals surface area contributed by atoms with Crippen molar-refractivity contribution in [3.05, 3.63) is 34.9 Å². The lowest BCUT2D eigenvalue weighted by molar-refractivity contribution is 0.520. The summed E-state index contributed by atoms with van der Waals surface area (Å²) in [7, 11) is -2.74. The summed E-state index contributed by atoms with van der Waals surface area (Å²) < 4.78 is 22.7. The molecule has 0 saturated carbocycles. The molecule has 0 aliphatic carbocycles. The summed E-state index contributed by atoms with van der Waals surface area (Å²) >= 11 is 0. The van der Waals surface area contributed by atoms with E-state index in [-0.39, 0.29) is 0 Å². The Morgan fingerprint density at radius 2 is 2.11 bits per heavy atom. The Bertz CT molecular complexity index is 523. The molecule has 0 spiro atoms. The molecule has 3 nitrogen and oxygen atoms in total. The Labute approximate surface area is 110 Å². The van der Waals surface area contributed by atoms with E-state index in [4.69, 9.17) is 0 Å². The average molecular weight is 267 g/mol. The molecule has 1 unspecified atom stereocenters. The van der Waals surface area contributed by atoms with Gasteiger partial charge in [0.15, 0.2) is 9.84 Å². The molecular formula is C14H21NO2S. The summed E-state index contributed by atoms with van der Waals surface area (Å²) in [5.41, 5.74) is 3.86. The van der Waals surface area contributed by atoms with Crippen LogP contribution in [0.2, 0.25) is 0 Å². The zero-order chi connectivity index (χ0) is 13.2. The fraction of sp³-hybridized carbons (Fsp3) is 0.571. The molecule has 0 amide bonds. The predicted octanol–water partition coefficient (Wildman–Crippen LogP) is 1.83. The first kappa shape index (κ1) is 13.6. The number of nitrogens with one attached hydrogen (secondary N) is 1. The van der Waals surface area contributed by atoms with Crippen molar-refractivity contribution in [1.29, 1.82) is 0 Å². The van der Waals surface area contributed by atoms with E-state index in [1.807, 2.05) is 0 Å². The van der Waals surface area contributed by atoms with Crippen molar-refractivity contribution in [1.82, 2.24) is 5.32 Å². The highest BCUT2D eigenvalue weighted by molar-refractivity contribution is 7.91. The lowest BCUT2D eigenvalue weighted by Crippen LogP contribution is -2.23. The molecule has 4 heteroatoms. The first-order chi connectivity index (χ1) is 8.46. The second-order valence-electron chi connectivity index (χ2n) is 5.33. The third-order valence-corrected chi connectivity index (χ3v) is 5.41. The lowest BCUT2D eigenvalue weighted by atomic mass is 10.1. The topological polar surface area (TPSA) is 46.2 Å². The fourth-order valence-corrected chi connectivity index (χ4v) is 4.35. The van der Waals surface area contributed by atoms with E-state index in [1.165, 1.54) is 16.7 Å². The van der Waals surface area contributed by atoms with Gasteiger partial charge in [-0.2, -0.15) is 0 Å². The maximum absolute atomic E-state index is 11.3. The van der Waals surface area contributed by atoms with E-state index in [2.05, 4.69) is 37.4 Å². The largest absolute Gasteiger partial charge is 0.312 e. The molecule has 18 heavy (non-hydrogen) atoms. The summed E-state index contributed by atoms with van der Waals surface area (Å²) in [6, 6.07) is 6.43. The van der Waals surface area contributed by atoms with Crippen LogP contribution in [0, 0.1) is 19.8 Å². The standard InChI is InChI=1S/C14H21NO2S/c1-11-3-4-14(12(2)7-11)9-15-8-13-5-6-18(16,17)10-13/h3-4,7,13,15H,5-6,8-10H2,1-2H3. The Kier molecular flexibility index (Phi) is 4.07. The van der Waals surface area contributed by atoms with E-state index in [0.29, 0.717) is 17.4 Å². The van der Waals surface area contributed by atoms with Gasteiger partial charge in [-0.25, -0.2) is 8.42 Å². The summed E-state index contributed by atoms with van der Waals surface area (Å²) in [6.45, 7) is 5.83. The molecule has 1 aliphatic rings. The van der Waals surface area contributed by atoms with Gasteiger partial charge in [-0.3, -0.25) is 0 Å². The van der Waals surface area contributed by atoms with Gasteiger partial charge < -0.3 is 5.32 Å². The van der Waals surface area contributed by atoms with Crippen LogP contribution in [-0.4, -0.2) is 26.5 Å². The molecular weight excluding hydrogens is 246 g/mol. The van der Waals surface area contributed by atoms with Crippen LogP contribution in [0.4, 0.5) is 0 Å². The number of benzene rings is 1. The maximum atomic E-state index is 11.3. The Morgan fingerprint density at radius 3 is 2.72 bits per heavy atom. The second kappa shape index (κ2) is 5.41. The van der Waals surface area contributed by atoms with Crippen LogP contribution < -0.4 is 5.32 Å². The molecule has 2 rings (SSSR count). The Hall–Kier alpha value is -0.870. The molecule has 1 fully saturated rings. The van der Waals surface area contributed by atoms with Gasteiger partial charge in [-0.1, -0.05) is 23.8 Å². The summed E-state index contributed by atoms with van der Waals surface area (Å²) in [4.78, 5) is 0. The van der Waals surface area contributed by atoms with Crippen molar-refractivity contribution < 1.29 is 8.42 Å². The zero-order valence-corrected chi connectivity index (χ0v) is 11.9. The molecule has 1 heterocycles. The molecule has 1 aromatic rings. The van der Waals surface area contributed by atoms with Crippen LogP contribution >= 0.6 is 0 Å². The average Bonchev–Trinajstić information content (AvgIpc) is 2.61. The van der Waals surface area contributed by atoms with Crippen molar-refractivity contribution in [2.24, 2.45) is 5.92 Å². The first-order valence-corrected chi connectivity index (χ1v) is 8.26. The quantitative estimate of drug-likeness (QED) is 0.905. The highest BCUT2D eigenvalue weighted by atomic mass is 32.2. The number of rotatable bonds is 4. The number of aryl methyl sites for hydroxylation is 2. The molecule has 0 radical (unpaired) electrons. The van der Waals surface area contributed by atoms with Gasteiger partial charge in [0.2, 0.25) is 0 Å². The third kappa shape index (κ3) is 3.56. The molecule has 1 aliphatic heterocycles. The van der Waals surface area contributed by atoms with Crippen LogP contribution in [-0.2, 0) is 16.4 Å². The van der Waals surface area contributed by atoms with Gasteiger partial charge in [-0.05, 0) is 43.9 Å². The molecule has 1 N–H and O–H groups in total. The fourth-order valence-electron chi connectivity index (χ4n) is 2.49.